The fraction of sp³-hybridized carbons (Fsp3) is 0.143. The SMILES string of the molecule is NNC(Cc1ccc(F)cc1Cl)c1c(F)cc(Br)cc1F. The Morgan fingerprint density at radius 3 is 2.29 bits per heavy atom. The van der Waals surface area contributed by atoms with Crippen molar-refractivity contribution in [2.24, 2.45) is 5.84 Å². The van der Waals surface area contributed by atoms with Crippen molar-refractivity contribution in [2.75, 3.05) is 0 Å². The Bertz CT molecular complexity index is 644. The molecule has 0 aromatic heterocycles. The normalized spacial score (nSPS) is 12.5. The standard InChI is InChI=1S/C14H11BrClF3N2/c15-8-4-11(18)14(12(19)5-8)13(21-20)3-7-1-2-9(17)6-10(7)16/h1-2,4-6,13,21H,3,20H2. The maximum absolute atomic E-state index is 14.0. The molecule has 0 fully saturated rings. The van der Waals surface area contributed by atoms with Crippen LogP contribution >= 0.6 is 27.5 Å². The Balaban J connectivity index is 2.37. The summed E-state index contributed by atoms with van der Waals surface area (Å²) in [6.45, 7) is 0. The first-order chi connectivity index (χ1) is 9.92. The zero-order valence-corrected chi connectivity index (χ0v) is 13.0. The summed E-state index contributed by atoms with van der Waals surface area (Å²) in [5, 5.41) is 0.174. The molecule has 2 rings (SSSR count). The minimum absolute atomic E-state index is 0.116. The van der Waals surface area contributed by atoms with Crippen LogP contribution in [0.25, 0.3) is 0 Å². The maximum atomic E-state index is 14.0. The molecule has 0 amide bonds. The fourth-order valence-corrected chi connectivity index (χ4v) is 2.68. The van der Waals surface area contributed by atoms with Gasteiger partial charge in [0.25, 0.3) is 0 Å². The van der Waals surface area contributed by atoms with Crippen LogP contribution in [0.5, 0.6) is 0 Å². The van der Waals surface area contributed by atoms with Gasteiger partial charge < -0.3 is 0 Å². The van der Waals surface area contributed by atoms with Crippen molar-refractivity contribution in [3.63, 3.8) is 0 Å². The van der Waals surface area contributed by atoms with Gasteiger partial charge in [-0.1, -0.05) is 33.6 Å². The van der Waals surface area contributed by atoms with Crippen LogP contribution in [0.15, 0.2) is 34.8 Å². The number of nitrogens with one attached hydrogen (secondary N) is 1. The van der Waals surface area contributed by atoms with Gasteiger partial charge in [-0.3, -0.25) is 11.3 Å². The number of rotatable bonds is 4. The second kappa shape index (κ2) is 6.79. The predicted molar refractivity (Wildman–Crippen MR) is 79.2 cm³/mol. The topological polar surface area (TPSA) is 38.0 Å². The molecular formula is C14H11BrClF3N2. The summed E-state index contributed by atoms with van der Waals surface area (Å²) in [6.07, 6.45) is 0.116. The van der Waals surface area contributed by atoms with Crippen LogP contribution in [-0.4, -0.2) is 0 Å². The van der Waals surface area contributed by atoms with Gasteiger partial charge in [-0.15, -0.1) is 0 Å². The Morgan fingerprint density at radius 2 is 1.76 bits per heavy atom. The highest BCUT2D eigenvalue weighted by Gasteiger charge is 2.21. The highest BCUT2D eigenvalue weighted by atomic mass is 79.9. The minimum atomic E-state index is -0.832. The fourth-order valence-electron chi connectivity index (χ4n) is 2.04. The number of hydrogen-bond donors (Lipinski definition) is 2. The molecule has 0 aliphatic rings. The third-order valence-electron chi connectivity index (χ3n) is 3.03. The summed E-state index contributed by atoms with van der Waals surface area (Å²) in [7, 11) is 0. The van der Waals surface area contributed by atoms with E-state index >= 15 is 0 Å². The quantitative estimate of drug-likeness (QED) is 0.615. The van der Waals surface area contributed by atoms with Crippen molar-refractivity contribution < 1.29 is 13.2 Å². The van der Waals surface area contributed by atoms with E-state index in [0.717, 1.165) is 18.2 Å². The number of halogens is 5. The lowest BCUT2D eigenvalue weighted by molar-refractivity contribution is 0.472. The number of nitrogens with two attached hydrogens (primary N) is 1. The lowest BCUT2D eigenvalue weighted by Gasteiger charge is -2.19. The Kier molecular flexibility index (Phi) is 5.27. The molecule has 0 aliphatic heterocycles. The molecule has 1 unspecified atom stereocenters. The maximum Gasteiger partial charge on any atom is 0.132 e. The van der Waals surface area contributed by atoms with E-state index in [4.69, 9.17) is 17.4 Å². The lowest BCUT2D eigenvalue weighted by atomic mass is 9.98. The van der Waals surface area contributed by atoms with Crippen LogP contribution < -0.4 is 11.3 Å². The third kappa shape index (κ3) is 3.77. The van der Waals surface area contributed by atoms with Crippen LogP contribution in [-0.2, 0) is 6.42 Å². The Hall–Kier alpha value is -1.08. The first-order valence-electron chi connectivity index (χ1n) is 5.97. The predicted octanol–water partition coefficient (Wildman–Crippen LogP) is 4.27. The van der Waals surface area contributed by atoms with Crippen molar-refractivity contribution in [1.82, 2.24) is 5.43 Å². The second-order valence-corrected chi connectivity index (χ2v) is 5.77. The highest BCUT2D eigenvalue weighted by molar-refractivity contribution is 9.10. The summed E-state index contributed by atoms with van der Waals surface area (Å²) in [6, 6.07) is 5.28. The van der Waals surface area contributed by atoms with E-state index in [-0.39, 0.29) is 21.5 Å². The van der Waals surface area contributed by atoms with Gasteiger partial charge in [-0.05, 0) is 36.2 Å². The highest BCUT2D eigenvalue weighted by Crippen LogP contribution is 2.29. The zero-order valence-electron chi connectivity index (χ0n) is 10.6. The van der Waals surface area contributed by atoms with Gasteiger partial charge >= 0.3 is 0 Å². The molecule has 112 valence electrons. The molecule has 7 heteroatoms. The van der Waals surface area contributed by atoms with Gasteiger partial charge in [0.1, 0.15) is 17.5 Å². The van der Waals surface area contributed by atoms with Crippen molar-refractivity contribution in [3.05, 3.63) is 68.4 Å². The molecule has 0 saturated heterocycles. The summed E-state index contributed by atoms with van der Waals surface area (Å²) in [5.74, 6) is 3.45. The Morgan fingerprint density at radius 1 is 1.14 bits per heavy atom. The van der Waals surface area contributed by atoms with E-state index < -0.39 is 23.5 Å². The summed E-state index contributed by atoms with van der Waals surface area (Å²) in [5.41, 5.74) is 2.70. The van der Waals surface area contributed by atoms with E-state index in [9.17, 15) is 13.2 Å². The molecular weight excluding hydrogens is 369 g/mol. The molecule has 0 radical (unpaired) electrons. The summed E-state index contributed by atoms with van der Waals surface area (Å²) in [4.78, 5) is 0. The van der Waals surface area contributed by atoms with Crippen LogP contribution in [0.3, 0.4) is 0 Å². The van der Waals surface area contributed by atoms with Crippen LogP contribution in [0.4, 0.5) is 13.2 Å². The number of hydrogen-bond acceptors (Lipinski definition) is 2. The smallest absolute Gasteiger partial charge is 0.132 e. The Labute approximate surface area is 133 Å². The summed E-state index contributed by atoms with van der Waals surface area (Å²) >= 11 is 8.93. The summed E-state index contributed by atoms with van der Waals surface area (Å²) < 4.78 is 41.2. The molecule has 0 bridgehead atoms. The van der Waals surface area contributed by atoms with Crippen LogP contribution in [0.1, 0.15) is 17.2 Å². The van der Waals surface area contributed by atoms with Crippen molar-refractivity contribution in [1.29, 1.82) is 0 Å². The molecule has 0 heterocycles. The van der Waals surface area contributed by atoms with Crippen molar-refractivity contribution >= 4 is 27.5 Å². The van der Waals surface area contributed by atoms with E-state index in [1.54, 1.807) is 0 Å². The first-order valence-corrected chi connectivity index (χ1v) is 7.14. The van der Waals surface area contributed by atoms with Gasteiger partial charge in [-0.2, -0.15) is 0 Å². The molecule has 2 aromatic carbocycles. The van der Waals surface area contributed by atoms with E-state index in [1.165, 1.54) is 12.1 Å². The first kappa shape index (κ1) is 16.3. The number of benzene rings is 2. The van der Waals surface area contributed by atoms with E-state index in [2.05, 4.69) is 21.4 Å². The molecule has 3 N–H and O–H groups in total. The van der Waals surface area contributed by atoms with Crippen LogP contribution in [0.2, 0.25) is 5.02 Å². The zero-order chi connectivity index (χ0) is 15.6. The van der Waals surface area contributed by atoms with Gasteiger partial charge in [0.15, 0.2) is 0 Å². The van der Waals surface area contributed by atoms with Crippen molar-refractivity contribution in [2.45, 2.75) is 12.5 Å². The molecule has 1 atom stereocenters. The third-order valence-corrected chi connectivity index (χ3v) is 3.84. The van der Waals surface area contributed by atoms with Gasteiger partial charge in [0.2, 0.25) is 0 Å². The van der Waals surface area contributed by atoms with Crippen molar-refractivity contribution in [3.8, 4) is 0 Å². The lowest BCUT2D eigenvalue weighted by Crippen LogP contribution is -2.31. The molecule has 21 heavy (non-hydrogen) atoms. The monoisotopic (exact) mass is 378 g/mol. The molecule has 2 nitrogen and oxygen atoms in total. The van der Waals surface area contributed by atoms with Gasteiger partial charge in [-0.25, -0.2) is 13.2 Å². The molecule has 0 aliphatic carbocycles. The second-order valence-electron chi connectivity index (χ2n) is 4.44. The average Bonchev–Trinajstić information content (AvgIpc) is 2.39. The average molecular weight is 380 g/mol. The molecule has 0 saturated carbocycles. The van der Waals surface area contributed by atoms with Gasteiger partial charge in [0, 0.05) is 15.1 Å². The van der Waals surface area contributed by atoms with E-state index in [0.29, 0.717) is 5.56 Å². The van der Waals surface area contributed by atoms with Crippen LogP contribution in [0, 0.1) is 17.5 Å². The minimum Gasteiger partial charge on any atom is -0.271 e. The van der Waals surface area contributed by atoms with Gasteiger partial charge in [0.05, 0.1) is 6.04 Å². The number of hydrazine groups is 1. The largest absolute Gasteiger partial charge is 0.271 e. The molecule has 2 aromatic rings. The molecule has 0 spiro atoms. The van der Waals surface area contributed by atoms with E-state index in [1.807, 2.05) is 0 Å².